The lowest BCUT2D eigenvalue weighted by molar-refractivity contribution is -0.412. The molecule has 0 radical (unpaired) electrons. The van der Waals surface area contributed by atoms with E-state index in [1.54, 1.807) is 0 Å². The summed E-state index contributed by atoms with van der Waals surface area (Å²) in [5.74, 6) is 0.701. The van der Waals surface area contributed by atoms with E-state index in [2.05, 4.69) is 16.4 Å². The highest BCUT2D eigenvalue weighted by molar-refractivity contribution is 5.04. The molecule has 0 aromatic carbocycles. The third-order valence-corrected chi connectivity index (χ3v) is 1.02. The summed E-state index contributed by atoms with van der Waals surface area (Å²) in [6.07, 6.45) is 0. The fraction of sp³-hybridized carbons (Fsp3) is 0.600. The van der Waals surface area contributed by atoms with E-state index in [1.807, 2.05) is 13.8 Å². The Hall–Kier alpha value is -0.500. The van der Waals surface area contributed by atoms with Crippen LogP contribution in [0.15, 0.2) is 12.3 Å². The van der Waals surface area contributed by atoms with Crippen LogP contribution in [-0.2, 0) is 9.78 Å². The van der Waals surface area contributed by atoms with Crippen molar-refractivity contribution in [1.82, 2.24) is 0 Å². The first-order valence-corrected chi connectivity index (χ1v) is 2.18. The summed E-state index contributed by atoms with van der Waals surface area (Å²) in [4.78, 5) is 9.08. The zero-order valence-electron chi connectivity index (χ0n) is 4.52. The first kappa shape index (κ1) is 4.65. The molecule has 0 unspecified atom stereocenters. The molecule has 0 aromatic rings. The molecule has 0 N–H and O–H groups in total. The van der Waals surface area contributed by atoms with Crippen molar-refractivity contribution in [3.8, 4) is 0 Å². The van der Waals surface area contributed by atoms with Crippen molar-refractivity contribution < 1.29 is 9.78 Å². The summed E-state index contributed by atoms with van der Waals surface area (Å²) in [5.41, 5.74) is -0.236. The molecule has 1 aliphatic rings. The summed E-state index contributed by atoms with van der Waals surface area (Å²) < 4.78 is 0. The lowest BCUT2D eigenvalue weighted by Gasteiger charge is -2.33. The Bertz CT molecular complexity index is 105. The van der Waals surface area contributed by atoms with E-state index in [-0.39, 0.29) is 5.60 Å². The van der Waals surface area contributed by atoms with Gasteiger partial charge in [-0.2, -0.15) is 4.89 Å². The summed E-state index contributed by atoms with van der Waals surface area (Å²) in [7, 11) is 0. The summed E-state index contributed by atoms with van der Waals surface area (Å²) in [6, 6.07) is 0. The Kier molecular flexibility index (Phi) is 0.672. The molecule has 0 bridgehead atoms. The van der Waals surface area contributed by atoms with Gasteiger partial charge in [-0.15, -0.1) is 0 Å². The van der Waals surface area contributed by atoms with Gasteiger partial charge < -0.3 is 4.89 Å². The van der Waals surface area contributed by atoms with Crippen molar-refractivity contribution in [2.75, 3.05) is 0 Å². The van der Waals surface area contributed by atoms with Gasteiger partial charge in [-0.25, -0.2) is 0 Å². The van der Waals surface area contributed by atoms with Crippen molar-refractivity contribution in [3.05, 3.63) is 12.3 Å². The minimum Gasteiger partial charge on any atom is -0.338 e. The van der Waals surface area contributed by atoms with Crippen molar-refractivity contribution in [1.29, 1.82) is 0 Å². The molecule has 0 aromatic heterocycles. The highest BCUT2D eigenvalue weighted by Crippen LogP contribution is 2.30. The molecule has 0 aliphatic carbocycles. The van der Waals surface area contributed by atoms with Crippen LogP contribution in [-0.4, -0.2) is 5.60 Å². The first-order chi connectivity index (χ1) is 3.13. The van der Waals surface area contributed by atoms with Crippen LogP contribution in [0, 0.1) is 0 Å². The molecule has 0 atom stereocenters. The lowest BCUT2D eigenvalue weighted by atomic mass is 10.1. The maximum atomic E-state index is 4.63. The van der Waals surface area contributed by atoms with Crippen LogP contribution >= 0.6 is 0 Å². The molecule has 40 valence electrons. The van der Waals surface area contributed by atoms with E-state index < -0.39 is 0 Å². The van der Waals surface area contributed by atoms with Gasteiger partial charge in [0.05, 0.1) is 0 Å². The van der Waals surface area contributed by atoms with Crippen LogP contribution in [0.2, 0.25) is 0 Å². The van der Waals surface area contributed by atoms with Gasteiger partial charge in [0.25, 0.3) is 0 Å². The molecule has 0 saturated carbocycles. The molecular weight excluding hydrogens is 92.1 g/mol. The average Bonchev–Trinajstić information content (AvgIpc) is 1.63. The largest absolute Gasteiger partial charge is 0.338 e. The SMILES string of the molecule is C=C1OOC1(C)C. The number of hydrogen-bond donors (Lipinski definition) is 0. The summed E-state index contributed by atoms with van der Waals surface area (Å²) >= 11 is 0. The Labute approximate surface area is 42.7 Å². The molecule has 1 rings (SSSR count). The Morgan fingerprint density at radius 1 is 1.57 bits per heavy atom. The zero-order valence-corrected chi connectivity index (χ0v) is 4.52. The fourth-order valence-electron chi connectivity index (χ4n) is 0.267. The minimum atomic E-state index is -0.236. The monoisotopic (exact) mass is 100 g/mol. The smallest absolute Gasteiger partial charge is 0.171 e. The van der Waals surface area contributed by atoms with E-state index in [9.17, 15) is 0 Å². The normalized spacial score (nSPS) is 25.7. The molecule has 1 aliphatic heterocycles. The van der Waals surface area contributed by atoms with Crippen LogP contribution in [0.25, 0.3) is 0 Å². The van der Waals surface area contributed by atoms with Gasteiger partial charge in [0, 0.05) is 0 Å². The average molecular weight is 100 g/mol. The van der Waals surface area contributed by atoms with Gasteiger partial charge in [0.2, 0.25) is 0 Å². The number of rotatable bonds is 0. The minimum absolute atomic E-state index is 0.236. The Balaban J connectivity index is 2.59. The first-order valence-electron chi connectivity index (χ1n) is 2.18. The highest BCUT2D eigenvalue weighted by Gasteiger charge is 2.36. The van der Waals surface area contributed by atoms with Crippen molar-refractivity contribution in [2.24, 2.45) is 0 Å². The zero-order chi connectivity index (χ0) is 5.49. The predicted molar refractivity (Wildman–Crippen MR) is 25.4 cm³/mol. The van der Waals surface area contributed by atoms with Gasteiger partial charge >= 0.3 is 0 Å². The highest BCUT2D eigenvalue weighted by atomic mass is 17.3. The molecule has 0 spiro atoms. The summed E-state index contributed by atoms with van der Waals surface area (Å²) in [6.45, 7) is 7.37. The van der Waals surface area contributed by atoms with Crippen molar-refractivity contribution in [2.45, 2.75) is 19.4 Å². The van der Waals surface area contributed by atoms with Gasteiger partial charge in [-0.3, -0.25) is 0 Å². The summed E-state index contributed by atoms with van der Waals surface area (Å²) in [5, 5.41) is 0. The molecule has 1 saturated heterocycles. The van der Waals surface area contributed by atoms with Crippen LogP contribution < -0.4 is 0 Å². The van der Waals surface area contributed by atoms with Gasteiger partial charge in [-0.05, 0) is 13.8 Å². The van der Waals surface area contributed by atoms with Crippen LogP contribution in [0.1, 0.15) is 13.8 Å². The fourth-order valence-corrected chi connectivity index (χ4v) is 0.267. The maximum Gasteiger partial charge on any atom is 0.171 e. The van der Waals surface area contributed by atoms with E-state index in [0.717, 1.165) is 0 Å². The van der Waals surface area contributed by atoms with Gasteiger partial charge in [0.15, 0.2) is 11.4 Å². The standard InChI is InChI=1S/C5H8O2/c1-4-5(2,3)7-6-4/h1H2,2-3H3. The van der Waals surface area contributed by atoms with Crippen molar-refractivity contribution in [3.63, 3.8) is 0 Å². The van der Waals surface area contributed by atoms with E-state index in [1.165, 1.54) is 0 Å². The Morgan fingerprint density at radius 2 is 2.00 bits per heavy atom. The second-order valence-corrected chi connectivity index (χ2v) is 2.10. The molecular formula is C5H8O2. The molecule has 2 nitrogen and oxygen atoms in total. The van der Waals surface area contributed by atoms with Gasteiger partial charge in [0.1, 0.15) is 0 Å². The quantitative estimate of drug-likeness (QED) is 0.426. The number of hydrogen-bond acceptors (Lipinski definition) is 2. The molecule has 1 heterocycles. The Morgan fingerprint density at radius 3 is 2.00 bits per heavy atom. The maximum absolute atomic E-state index is 4.63. The third kappa shape index (κ3) is 0.509. The van der Waals surface area contributed by atoms with Crippen LogP contribution in [0.3, 0.4) is 0 Å². The van der Waals surface area contributed by atoms with Crippen LogP contribution in [0.4, 0.5) is 0 Å². The topological polar surface area (TPSA) is 18.5 Å². The predicted octanol–water partition coefficient (Wildman–Crippen LogP) is 1.24. The lowest BCUT2D eigenvalue weighted by Crippen LogP contribution is -2.37. The second kappa shape index (κ2) is 1.01. The molecule has 2 heteroatoms. The third-order valence-electron chi connectivity index (χ3n) is 1.02. The second-order valence-electron chi connectivity index (χ2n) is 2.10. The molecule has 1 fully saturated rings. The van der Waals surface area contributed by atoms with Crippen molar-refractivity contribution >= 4 is 0 Å². The van der Waals surface area contributed by atoms with Crippen LogP contribution in [0.5, 0.6) is 0 Å². The molecule has 7 heavy (non-hydrogen) atoms. The van der Waals surface area contributed by atoms with Gasteiger partial charge in [-0.1, -0.05) is 6.58 Å². The van der Waals surface area contributed by atoms with E-state index in [4.69, 9.17) is 0 Å². The van der Waals surface area contributed by atoms with E-state index >= 15 is 0 Å². The van der Waals surface area contributed by atoms with E-state index in [0.29, 0.717) is 5.76 Å². The molecule has 0 amide bonds.